The number of methoxy groups -OCH3 is 1. The van der Waals surface area contributed by atoms with Crippen molar-refractivity contribution < 1.29 is 18.7 Å². The van der Waals surface area contributed by atoms with Crippen LogP contribution in [0.25, 0.3) is 0 Å². The van der Waals surface area contributed by atoms with Gasteiger partial charge in [0.05, 0.1) is 19.4 Å². The van der Waals surface area contributed by atoms with Crippen LogP contribution in [0.2, 0.25) is 0 Å². The molecule has 0 aliphatic rings. The molecule has 21 heavy (non-hydrogen) atoms. The molecular weight excluding hydrogens is 295 g/mol. The molecule has 0 bridgehead atoms. The molecule has 0 saturated heterocycles. The third-order valence-electron chi connectivity index (χ3n) is 2.67. The molecule has 0 amide bonds. The quantitative estimate of drug-likeness (QED) is 0.856. The molecule has 0 radical (unpaired) electrons. The highest BCUT2D eigenvalue weighted by Gasteiger charge is 2.17. The lowest BCUT2D eigenvalue weighted by Crippen LogP contribution is -2.06. The number of carbonyl (C=O) groups is 1. The molecule has 2 aromatic rings. The summed E-state index contributed by atoms with van der Waals surface area (Å²) < 4.78 is 23.2. The SMILES string of the molecule is CCOC(=O)c1nc(Nc2ccc(F)cc2OC)sc1C. The Morgan fingerprint density at radius 3 is 2.90 bits per heavy atom. The van der Waals surface area contributed by atoms with E-state index in [-0.39, 0.29) is 11.5 Å². The Labute approximate surface area is 125 Å². The zero-order valence-electron chi connectivity index (χ0n) is 11.9. The fraction of sp³-hybridized carbons (Fsp3) is 0.286. The maximum atomic E-state index is 13.1. The monoisotopic (exact) mass is 310 g/mol. The van der Waals surface area contributed by atoms with E-state index in [2.05, 4.69) is 10.3 Å². The van der Waals surface area contributed by atoms with Crippen LogP contribution in [0.5, 0.6) is 5.75 Å². The van der Waals surface area contributed by atoms with Crippen molar-refractivity contribution in [2.45, 2.75) is 13.8 Å². The minimum atomic E-state index is -0.453. The van der Waals surface area contributed by atoms with Crippen molar-refractivity contribution in [3.63, 3.8) is 0 Å². The first-order valence-corrected chi connectivity index (χ1v) is 7.12. The largest absolute Gasteiger partial charge is 0.494 e. The van der Waals surface area contributed by atoms with Gasteiger partial charge >= 0.3 is 5.97 Å². The number of aromatic nitrogens is 1. The minimum Gasteiger partial charge on any atom is -0.494 e. The average Bonchev–Trinajstić information content (AvgIpc) is 2.82. The molecule has 1 aromatic carbocycles. The molecule has 0 atom stereocenters. The molecule has 112 valence electrons. The Hall–Kier alpha value is -2.15. The van der Waals surface area contributed by atoms with E-state index < -0.39 is 5.97 Å². The molecule has 0 unspecified atom stereocenters. The number of anilines is 2. The number of aryl methyl sites for hydroxylation is 1. The molecule has 5 nitrogen and oxygen atoms in total. The number of esters is 1. The van der Waals surface area contributed by atoms with Gasteiger partial charge in [-0.15, -0.1) is 11.3 Å². The van der Waals surface area contributed by atoms with Crippen LogP contribution < -0.4 is 10.1 Å². The average molecular weight is 310 g/mol. The van der Waals surface area contributed by atoms with Crippen LogP contribution in [0.15, 0.2) is 18.2 Å². The van der Waals surface area contributed by atoms with Gasteiger partial charge in [-0.25, -0.2) is 14.2 Å². The maximum absolute atomic E-state index is 13.1. The lowest BCUT2D eigenvalue weighted by molar-refractivity contribution is 0.0519. The van der Waals surface area contributed by atoms with Gasteiger partial charge in [0.1, 0.15) is 11.6 Å². The van der Waals surface area contributed by atoms with Gasteiger partial charge < -0.3 is 14.8 Å². The smallest absolute Gasteiger partial charge is 0.358 e. The second kappa shape index (κ2) is 6.53. The summed E-state index contributed by atoms with van der Waals surface area (Å²) in [5.74, 6) is -0.481. The third-order valence-corrected chi connectivity index (χ3v) is 3.56. The number of carbonyl (C=O) groups excluding carboxylic acids is 1. The summed E-state index contributed by atoms with van der Waals surface area (Å²) in [4.78, 5) is 16.7. The van der Waals surface area contributed by atoms with Crippen molar-refractivity contribution in [2.75, 3.05) is 19.0 Å². The van der Waals surface area contributed by atoms with Gasteiger partial charge in [-0.1, -0.05) is 0 Å². The van der Waals surface area contributed by atoms with E-state index in [0.29, 0.717) is 23.2 Å². The molecule has 0 saturated carbocycles. The number of benzene rings is 1. The fourth-order valence-electron chi connectivity index (χ4n) is 1.72. The predicted molar refractivity (Wildman–Crippen MR) is 79.0 cm³/mol. The minimum absolute atomic E-state index is 0.283. The van der Waals surface area contributed by atoms with Crippen molar-refractivity contribution in [1.82, 2.24) is 4.98 Å². The summed E-state index contributed by atoms with van der Waals surface area (Å²) in [5, 5.41) is 3.53. The number of hydrogen-bond acceptors (Lipinski definition) is 6. The second-order valence-corrected chi connectivity index (χ2v) is 5.32. The normalized spacial score (nSPS) is 10.3. The van der Waals surface area contributed by atoms with Crippen LogP contribution >= 0.6 is 11.3 Å². The van der Waals surface area contributed by atoms with Crippen molar-refractivity contribution in [3.8, 4) is 5.75 Å². The van der Waals surface area contributed by atoms with Gasteiger partial charge in [-0.05, 0) is 26.0 Å². The Morgan fingerprint density at radius 2 is 2.24 bits per heavy atom. The van der Waals surface area contributed by atoms with Gasteiger partial charge in [0.15, 0.2) is 10.8 Å². The van der Waals surface area contributed by atoms with Gasteiger partial charge in [-0.3, -0.25) is 0 Å². The van der Waals surface area contributed by atoms with Crippen LogP contribution in [-0.4, -0.2) is 24.7 Å². The molecule has 7 heteroatoms. The summed E-state index contributed by atoms with van der Waals surface area (Å²) in [6.07, 6.45) is 0. The fourth-order valence-corrected chi connectivity index (χ4v) is 2.54. The molecule has 1 heterocycles. The number of rotatable bonds is 5. The highest BCUT2D eigenvalue weighted by atomic mass is 32.1. The van der Waals surface area contributed by atoms with E-state index in [0.717, 1.165) is 4.88 Å². The molecule has 1 N–H and O–H groups in total. The molecular formula is C14H15FN2O3S. The van der Waals surface area contributed by atoms with Gasteiger partial charge in [0, 0.05) is 10.9 Å². The first-order valence-electron chi connectivity index (χ1n) is 6.30. The van der Waals surface area contributed by atoms with Crippen LogP contribution in [0, 0.1) is 12.7 Å². The van der Waals surface area contributed by atoms with Crippen LogP contribution in [0.1, 0.15) is 22.3 Å². The lowest BCUT2D eigenvalue weighted by atomic mass is 10.3. The number of halogens is 1. The zero-order chi connectivity index (χ0) is 15.4. The first kappa shape index (κ1) is 15.2. The third kappa shape index (κ3) is 3.49. The van der Waals surface area contributed by atoms with Crippen LogP contribution in [0.3, 0.4) is 0 Å². The summed E-state index contributed by atoms with van der Waals surface area (Å²) in [5.41, 5.74) is 0.855. The Bertz CT molecular complexity index is 658. The number of nitrogens with one attached hydrogen (secondary N) is 1. The van der Waals surface area contributed by atoms with E-state index in [4.69, 9.17) is 9.47 Å². The summed E-state index contributed by atoms with van der Waals surface area (Å²) >= 11 is 1.31. The Balaban J connectivity index is 2.25. The lowest BCUT2D eigenvalue weighted by Gasteiger charge is -2.08. The maximum Gasteiger partial charge on any atom is 0.358 e. The number of hydrogen-bond donors (Lipinski definition) is 1. The first-order chi connectivity index (χ1) is 10.0. The number of ether oxygens (including phenoxy) is 2. The van der Waals surface area contributed by atoms with E-state index in [1.165, 1.54) is 30.6 Å². The molecule has 1 aromatic heterocycles. The van der Waals surface area contributed by atoms with E-state index >= 15 is 0 Å². The van der Waals surface area contributed by atoms with E-state index in [1.54, 1.807) is 19.9 Å². The topological polar surface area (TPSA) is 60.5 Å². The highest BCUT2D eigenvalue weighted by Crippen LogP contribution is 2.31. The van der Waals surface area contributed by atoms with Crippen LogP contribution in [-0.2, 0) is 4.74 Å². The summed E-state index contributed by atoms with van der Waals surface area (Å²) in [6.45, 7) is 3.82. The van der Waals surface area contributed by atoms with E-state index in [1.807, 2.05) is 0 Å². The predicted octanol–water partition coefficient (Wildman–Crippen LogP) is 3.52. The molecule has 2 rings (SSSR count). The van der Waals surface area contributed by atoms with Crippen LogP contribution in [0.4, 0.5) is 15.2 Å². The Kier molecular flexibility index (Phi) is 4.74. The summed E-state index contributed by atoms with van der Waals surface area (Å²) in [7, 11) is 1.46. The van der Waals surface area contributed by atoms with E-state index in [9.17, 15) is 9.18 Å². The molecule has 0 aliphatic carbocycles. The van der Waals surface area contributed by atoms with Crippen molar-refractivity contribution in [3.05, 3.63) is 34.6 Å². The van der Waals surface area contributed by atoms with Crippen molar-refractivity contribution in [1.29, 1.82) is 0 Å². The van der Waals surface area contributed by atoms with Crippen molar-refractivity contribution in [2.24, 2.45) is 0 Å². The molecule has 0 aliphatic heterocycles. The zero-order valence-corrected chi connectivity index (χ0v) is 12.7. The second-order valence-electron chi connectivity index (χ2n) is 4.11. The van der Waals surface area contributed by atoms with Gasteiger partial charge in [-0.2, -0.15) is 0 Å². The number of nitrogens with zero attached hydrogens (tertiary/aromatic N) is 1. The summed E-state index contributed by atoms with van der Waals surface area (Å²) in [6, 6.07) is 4.14. The Morgan fingerprint density at radius 1 is 1.48 bits per heavy atom. The van der Waals surface area contributed by atoms with Gasteiger partial charge in [0.25, 0.3) is 0 Å². The molecule has 0 fully saturated rings. The molecule has 0 spiro atoms. The van der Waals surface area contributed by atoms with Crippen molar-refractivity contribution >= 4 is 28.1 Å². The highest BCUT2D eigenvalue weighted by molar-refractivity contribution is 7.15. The standard InChI is InChI=1S/C14H15FN2O3S/c1-4-20-13(18)12-8(2)21-14(17-12)16-10-6-5-9(15)7-11(10)19-3/h5-7H,4H2,1-3H3,(H,16,17). The number of thiazole rings is 1. The van der Waals surface area contributed by atoms with Gasteiger partial charge in [0.2, 0.25) is 0 Å².